The average molecular weight is 431 g/mol. The van der Waals surface area contributed by atoms with Gasteiger partial charge in [0.1, 0.15) is 16.4 Å². The highest BCUT2D eigenvalue weighted by molar-refractivity contribution is 7.16. The predicted octanol–water partition coefficient (Wildman–Crippen LogP) is 5.22. The second kappa shape index (κ2) is 8.15. The first-order valence-corrected chi connectivity index (χ1v) is 9.66. The molecule has 3 aromatic heterocycles. The molecule has 0 saturated carbocycles. The second-order valence-electron chi connectivity index (χ2n) is 6.31. The molecular weight excluding hydrogens is 415 g/mol. The Balaban J connectivity index is 1.61. The molecule has 154 valence electrons. The van der Waals surface area contributed by atoms with Gasteiger partial charge in [-0.3, -0.25) is 4.68 Å². The Morgan fingerprint density at radius 1 is 1.13 bits per heavy atom. The summed E-state index contributed by atoms with van der Waals surface area (Å²) in [7, 11) is 1.58. The number of aromatic nitrogens is 4. The van der Waals surface area contributed by atoms with Crippen molar-refractivity contribution in [3.05, 3.63) is 71.5 Å². The van der Waals surface area contributed by atoms with Gasteiger partial charge in [0.15, 0.2) is 5.13 Å². The quantitative estimate of drug-likeness (QED) is 0.453. The van der Waals surface area contributed by atoms with Crippen LogP contribution in [0, 0.1) is 0 Å². The number of thiazole rings is 1. The van der Waals surface area contributed by atoms with Crippen molar-refractivity contribution in [1.29, 1.82) is 0 Å². The average Bonchev–Trinajstić information content (AvgIpc) is 3.36. The molecule has 1 aromatic carbocycles. The van der Waals surface area contributed by atoms with Gasteiger partial charge >= 0.3 is 6.18 Å². The van der Waals surface area contributed by atoms with E-state index in [0.717, 1.165) is 11.3 Å². The molecule has 0 saturated heterocycles. The maximum absolute atomic E-state index is 13.6. The summed E-state index contributed by atoms with van der Waals surface area (Å²) in [5.41, 5.74) is 1.07. The van der Waals surface area contributed by atoms with Gasteiger partial charge in [-0.2, -0.15) is 18.3 Å². The fourth-order valence-electron chi connectivity index (χ4n) is 2.80. The number of hydrogen-bond acceptors (Lipinski definition) is 6. The largest absolute Gasteiger partial charge is 0.497 e. The molecule has 0 aliphatic carbocycles. The Labute approximate surface area is 174 Å². The van der Waals surface area contributed by atoms with Crippen molar-refractivity contribution in [1.82, 2.24) is 19.7 Å². The van der Waals surface area contributed by atoms with Crippen LogP contribution in [0.4, 0.5) is 24.1 Å². The fourth-order valence-corrected chi connectivity index (χ4v) is 3.66. The summed E-state index contributed by atoms with van der Waals surface area (Å²) in [6.45, 7) is 0.411. The van der Waals surface area contributed by atoms with Crippen LogP contribution < -0.4 is 10.1 Å². The fraction of sp³-hybridized carbons (Fsp3) is 0.150. The smallest absolute Gasteiger partial charge is 0.427 e. The van der Waals surface area contributed by atoms with E-state index in [0.29, 0.717) is 29.3 Å². The molecule has 0 bridgehead atoms. The summed E-state index contributed by atoms with van der Waals surface area (Å²) in [6.07, 6.45) is -0.0444. The van der Waals surface area contributed by atoms with Gasteiger partial charge in [0.05, 0.1) is 25.5 Å². The summed E-state index contributed by atoms with van der Waals surface area (Å²) in [6, 6.07) is 12.5. The molecule has 0 radical (unpaired) electrons. The number of pyridine rings is 1. The first kappa shape index (κ1) is 19.9. The third-order valence-corrected chi connectivity index (χ3v) is 5.21. The van der Waals surface area contributed by atoms with E-state index in [9.17, 15) is 13.2 Å². The minimum atomic E-state index is -4.53. The van der Waals surface area contributed by atoms with Crippen LogP contribution in [0.2, 0.25) is 0 Å². The topological polar surface area (TPSA) is 64.9 Å². The van der Waals surface area contributed by atoms with Crippen molar-refractivity contribution in [2.24, 2.45) is 0 Å². The Bertz CT molecular complexity index is 1120. The lowest BCUT2D eigenvalue weighted by Gasteiger charge is -2.05. The summed E-state index contributed by atoms with van der Waals surface area (Å²) < 4.78 is 47.5. The normalized spacial score (nSPS) is 11.5. The lowest BCUT2D eigenvalue weighted by atomic mass is 10.2. The molecule has 0 amide bonds. The molecule has 0 unspecified atom stereocenters. The van der Waals surface area contributed by atoms with E-state index in [1.807, 2.05) is 24.3 Å². The standard InChI is InChI=1S/C20H16F3N5OS/c1-29-15-7-5-13(6-8-15)11-28-12-14(10-25-28)17-18(20(21,22)23)30-19(27-17)26-16-4-2-3-9-24-16/h2-10,12H,11H2,1H3,(H,24,26,27). The van der Waals surface area contributed by atoms with Crippen LogP contribution in [0.1, 0.15) is 10.4 Å². The van der Waals surface area contributed by atoms with Crippen molar-refractivity contribution < 1.29 is 17.9 Å². The summed E-state index contributed by atoms with van der Waals surface area (Å²) in [5.74, 6) is 1.15. The van der Waals surface area contributed by atoms with E-state index in [-0.39, 0.29) is 10.8 Å². The number of nitrogens with one attached hydrogen (secondary N) is 1. The number of halogens is 3. The second-order valence-corrected chi connectivity index (χ2v) is 7.31. The Morgan fingerprint density at radius 3 is 2.60 bits per heavy atom. The predicted molar refractivity (Wildman–Crippen MR) is 108 cm³/mol. The highest BCUT2D eigenvalue weighted by Crippen LogP contribution is 2.42. The number of nitrogens with zero attached hydrogens (tertiary/aromatic N) is 4. The molecule has 0 atom stereocenters. The lowest BCUT2D eigenvalue weighted by molar-refractivity contribution is -0.134. The monoisotopic (exact) mass is 431 g/mol. The molecule has 4 rings (SSSR count). The van der Waals surface area contributed by atoms with Gasteiger partial charge in [-0.15, -0.1) is 0 Å². The lowest BCUT2D eigenvalue weighted by Crippen LogP contribution is -2.03. The Hall–Kier alpha value is -3.40. The zero-order chi connectivity index (χ0) is 21.1. The van der Waals surface area contributed by atoms with Crippen molar-refractivity contribution >= 4 is 22.3 Å². The molecular formula is C20H16F3N5OS. The number of hydrogen-bond donors (Lipinski definition) is 1. The highest BCUT2D eigenvalue weighted by atomic mass is 32.1. The van der Waals surface area contributed by atoms with E-state index >= 15 is 0 Å². The van der Waals surface area contributed by atoms with Crippen LogP contribution in [-0.4, -0.2) is 26.9 Å². The number of anilines is 2. The molecule has 10 heteroatoms. The first-order chi connectivity index (χ1) is 14.4. The van der Waals surface area contributed by atoms with Crippen LogP contribution in [0.15, 0.2) is 61.1 Å². The van der Waals surface area contributed by atoms with Gasteiger partial charge < -0.3 is 10.1 Å². The van der Waals surface area contributed by atoms with E-state index in [1.54, 1.807) is 42.4 Å². The SMILES string of the molecule is COc1ccc(Cn2cc(-c3nc(Nc4ccccn4)sc3C(F)(F)F)cn2)cc1. The zero-order valence-corrected chi connectivity index (χ0v) is 16.5. The van der Waals surface area contributed by atoms with Crippen LogP contribution >= 0.6 is 11.3 Å². The van der Waals surface area contributed by atoms with Gasteiger partial charge in [0.25, 0.3) is 0 Å². The van der Waals surface area contributed by atoms with E-state index in [4.69, 9.17) is 4.74 Å². The Morgan fingerprint density at radius 2 is 1.93 bits per heavy atom. The number of alkyl halides is 3. The maximum Gasteiger partial charge on any atom is 0.427 e. The van der Waals surface area contributed by atoms with Gasteiger partial charge in [0.2, 0.25) is 0 Å². The molecule has 4 aromatic rings. The third kappa shape index (κ3) is 4.43. The maximum atomic E-state index is 13.6. The number of rotatable bonds is 6. The first-order valence-electron chi connectivity index (χ1n) is 8.84. The van der Waals surface area contributed by atoms with Crippen LogP contribution in [0.3, 0.4) is 0 Å². The van der Waals surface area contributed by atoms with E-state index in [2.05, 4.69) is 20.4 Å². The van der Waals surface area contributed by atoms with Gasteiger partial charge in [-0.05, 0) is 29.8 Å². The highest BCUT2D eigenvalue weighted by Gasteiger charge is 2.38. The number of benzene rings is 1. The number of ether oxygens (including phenoxy) is 1. The van der Waals surface area contributed by atoms with Crippen LogP contribution in [-0.2, 0) is 12.7 Å². The summed E-state index contributed by atoms with van der Waals surface area (Å²) in [5, 5.41) is 7.13. The molecule has 6 nitrogen and oxygen atoms in total. The van der Waals surface area contributed by atoms with Crippen molar-refractivity contribution in [3.63, 3.8) is 0 Å². The molecule has 0 aliphatic rings. The van der Waals surface area contributed by atoms with E-state index in [1.165, 1.54) is 6.20 Å². The molecule has 3 heterocycles. The third-order valence-electron chi connectivity index (χ3n) is 4.19. The minimum absolute atomic E-state index is 0.110. The van der Waals surface area contributed by atoms with E-state index < -0.39 is 11.1 Å². The van der Waals surface area contributed by atoms with Gasteiger partial charge in [-0.25, -0.2) is 9.97 Å². The molecule has 30 heavy (non-hydrogen) atoms. The zero-order valence-electron chi connectivity index (χ0n) is 15.7. The van der Waals surface area contributed by atoms with Crippen LogP contribution in [0.5, 0.6) is 5.75 Å². The summed E-state index contributed by atoms with van der Waals surface area (Å²) in [4.78, 5) is 7.44. The molecule has 1 N–H and O–H groups in total. The van der Waals surface area contributed by atoms with Gasteiger partial charge in [0, 0.05) is 18.0 Å². The van der Waals surface area contributed by atoms with Gasteiger partial charge in [-0.1, -0.05) is 29.5 Å². The number of methoxy groups -OCH3 is 1. The van der Waals surface area contributed by atoms with Crippen molar-refractivity contribution in [2.45, 2.75) is 12.7 Å². The summed E-state index contributed by atoms with van der Waals surface area (Å²) >= 11 is 0.535. The molecule has 0 spiro atoms. The minimum Gasteiger partial charge on any atom is -0.497 e. The van der Waals surface area contributed by atoms with Crippen LogP contribution in [0.25, 0.3) is 11.3 Å². The molecule has 0 aliphatic heterocycles. The Kier molecular flexibility index (Phi) is 5.40. The molecule has 0 fully saturated rings. The van der Waals surface area contributed by atoms with Crippen molar-refractivity contribution in [2.75, 3.05) is 12.4 Å². The van der Waals surface area contributed by atoms with Crippen molar-refractivity contribution in [3.8, 4) is 17.0 Å².